The first-order valence-corrected chi connectivity index (χ1v) is 7.87. The zero-order valence-electron chi connectivity index (χ0n) is 11.4. The van der Waals surface area contributed by atoms with Crippen LogP contribution in [0.5, 0.6) is 0 Å². The highest BCUT2D eigenvalue weighted by molar-refractivity contribution is 7.89. The molecule has 1 aliphatic heterocycles. The number of nitrogens with two attached hydrogens (primary N) is 1. The highest BCUT2D eigenvalue weighted by Gasteiger charge is 2.27. The number of primary sulfonamides is 1. The van der Waals surface area contributed by atoms with E-state index in [1.165, 1.54) is 6.92 Å². The lowest BCUT2D eigenvalue weighted by atomic mass is 10.1. The zero-order valence-corrected chi connectivity index (χ0v) is 12.2. The first kappa shape index (κ1) is 15.4. The predicted octanol–water partition coefficient (Wildman–Crippen LogP) is 0.787. The number of nitro benzene ring substituents is 1. The highest BCUT2D eigenvalue weighted by Crippen LogP contribution is 2.27. The van der Waals surface area contributed by atoms with Crippen LogP contribution < -0.4 is 5.14 Å². The van der Waals surface area contributed by atoms with E-state index in [1.54, 1.807) is 4.90 Å². The van der Waals surface area contributed by atoms with Crippen molar-refractivity contribution in [2.75, 3.05) is 13.1 Å². The molecule has 9 heteroatoms. The van der Waals surface area contributed by atoms with Crippen LogP contribution in [0.4, 0.5) is 5.69 Å². The van der Waals surface area contributed by atoms with Crippen LogP contribution in [-0.4, -0.2) is 37.2 Å². The number of nitro groups is 1. The molecule has 1 aromatic carbocycles. The van der Waals surface area contributed by atoms with E-state index in [4.69, 9.17) is 5.14 Å². The molecule has 8 nitrogen and oxygen atoms in total. The van der Waals surface area contributed by atoms with Gasteiger partial charge >= 0.3 is 0 Å². The topological polar surface area (TPSA) is 124 Å². The molecule has 1 aromatic rings. The maximum Gasteiger partial charge on any atom is 0.271 e. The van der Waals surface area contributed by atoms with Crippen LogP contribution in [0, 0.1) is 17.0 Å². The van der Waals surface area contributed by atoms with Gasteiger partial charge in [-0.3, -0.25) is 14.9 Å². The van der Waals surface area contributed by atoms with Crippen molar-refractivity contribution in [3.8, 4) is 0 Å². The number of rotatable bonds is 3. The molecule has 1 heterocycles. The van der Waals surface area contributed by atoms with Crippen LogP contribution in [0.1, 0.15) is 28.8 Å². The second-order valence-electron chi connectivity index (χ2n) is 4.92. The van der Waals surface area contributed by atoms with Gasteiger partial charge in [-0.1, -0.05) is 0 Å². The van der Waals surface area contributed by atoms with Crippen molar-refractivity contribution in [3.63, 3.8) is 0 Å². The normalized spacial score (nSPS) is 15.2. The number of non-ortho nitro benzene ring substituents is 1. The minimum absolute atomic E-state index is 0.00938. The Kier molecular flexibility index (Phi) is 3.97. The summed E-state index contributed by atoms with van der Waals surface area (Å²) in [6, 6.07) is 1.98. The van der Waals surface area contributed by atoms with Crippen molar-refractivity contribution in [2.45, 2.75) is 24.7 Å². The summed E-state index contributed by atoms with van der Waals surface area (Å²) < 4.78 is 23.1. The molecule has 21 heavy (non-hydrogen) atoms. The fourth-order valence-corrected chi connectivity index (χ4v) is 3.21. The van der Waals surface area contributed by atoms with Gasteiger partial charge in [-0.05, 0) is 25.3 Å². The second kappa shape index (κ2) is 5.41. The van der Waals surface area contributed by atoms with Crippen LogP contribution >= 0.6 is 0 Å². The molecule has 0 aromatic heterocycles. The number of hydrogen-bond donors (Lipinski definition) is 1. The third kappa shape index (κ3) is 3.03. The van der Waals surface area contributed by atoms with Gasteiger partial charge in [0.1, 0.15) is 0 Å². The Balaban J connectivity index is 2.61. The number of likely N-dealkylation sites (tertiary alicyclic amines) is 1. The Morgan fingerprint density at radius 2 is 1.90 bits per heavy atom. The minimum Gasteiger partial charge on any atom is -0.339 e. The molecule has 2 rings (SSSR count). The molecular formula is C12H15N3O5S. The summed E-state index contributed by atoms with van der Waals surface area (Å²) in [5.41, 5.74) is -0.317. The summed E-state index contributed by atoms with van der Waals surface area (Å²) in [6.07, 6.45) is 1.73. The molecule has 1 amide bonds. The van der Waals surface area contributed by atoms with E-state index in [2.05, 4.69) is 0 Å². The molecule has 0 atom stereocenters. The SMILES string of the molecule is Cc1c(C(=O)N2CCCC2)cc([N+](=O)[O-])cc1S(N)(=O)=O. The van der Waals surface area contributed by atoms with Crippen LogP contribution in [0.15, 0.2) is 17.0 Å². The monoisotopic (exact) mass is 313 g/mol. The van der Waals surface area contributed by atoms with Gasteiger partial charge in [-0.25, -0.2) is 13.6 Å². The number of carbonyl (C=O) groups excluding carboxylic acids is 1. The van der Waals surface area contributed by atoms with E-state index >= 15 is 0 Å². The standard InChI is InChI=1S/C12H15N3O5S/c1-8-10(12(16)14-4-2-3-5-14)6-9(15(17)18)7-11(8)21(13,19)20/h6-7H,2-5H2,1H3,(H2,13,19,20). The number of sulfonamides is 1. The molecule has 1 aliphatic rings. The molecule has 0 aliphatic carbocycles. The van der Waals surface area contributed by atoms with E-state index in [9.17, 15) is 23.3 Å². The van der Waals surface area contributed by atoms with Gasteiger partial charge in [-0.15, -0.1) is 0 Å². The highest BCUT2D eigenvalue weighted by atomic mass is 32.2. The molecular weight excluding hydrogens is 298 g/mol. The smallest absolute Gasteiger partial charge is 0.271 e. The quantitative estimate of drug-likeness (QED) is 0.652. The van der Waals surface area contributed by atoms with Gasteiger partial charge in [0.2, 0.25) is 10.0 Å². The Labute approximate surface area is 121 Å². The Morgan fingerprint density at radius 1 is 1.33 bits per heavy atom. The van der Waals surface area contributed by atoms with E-state index in [1.807, 2.05) is 0 Å². The van der Waals surface area contributed by atoms with Crippen molar-refractivity contribution in [1.82, 2.24) is 4.90 Å². The van der Waals surface area contributed by atoms with E-state index < -0.39 is 26.5 Å². The number of carbonyl (C=O) groups is 1. The third-order valence-electron chi connectivity index (χ3n) is 3.49. The molecule has 0 radical (unpaired) electrons. The average molecular weight is 313 g/mol. The fourth-order valence-electron chi connectivity index (χ4n) is 2.39. The Bertz CT molecular complexity index is 708. The van der Waals surface area contributed by atoms with Gasteiger partial charge in [0.25, 0.3) is 11.6 Å². The first-order chi connectivity index (χ1) is 9.71. The van der Waals surface area contributed by atoms with Gasteiger partial charge in [0, 0.05) is 25.2 Å². The van der Waals surface area contributed by atoms with Gasteiger partial charge in [-0.2, -0.15) is 0 Å². The average Bonchev–Trinajstić information content (AvgIpc) is 2.90. The number of benzene rings is 1. The molecule has 1 fully saturated rings. The van der Waals surface area contributed by atoms with Crippen molar-refractivity contribution >= 4 is 21.6 Å². The number of hydrogen-bond acceptors (Lipinski definition) is 5. The molecule has 114 valence electrons. The molecule has 0 bridgehead atoms. The summed E-state index contributed by atoms with van der Waals surface area (Å²) in [4.78, 5) is 23.7. The number of amides is 1. The third-order valence-corrected chi connectivity index (χ3v) is 4.52. The zero-order chi connectivity index (χ0) is 15.8. The summed E-state index contributed by atoms with van der Waals surface area (Å²) in [7, 11) is -4.14. The lowest BCUT2D eigenvalue weighted by Gasteiger charge is -2.17. The van der Waals surface area contributed by atoms with Crippen molar-refractivity contribution in [3.05, 3.63) is 33.4 Å². The Hall–Kier alpha value is -2.00. The van der Waals surface area contributed by atoms with Gasteiger partial charge in [0.05, 0.1) is 15.4 Å². The van der Waals surface area contributed by atoms with Crippen LogP contribution in [0.3, 0.4) is 0 Å². The molecule has 0 unspecified atom stereocenters. The maximum absolute atomic E-state index is 12.4. The van der Waals surface area contributed by atoms with Gasteiger partial charge in [0.15, 0.2) is 0 Å². The van der Waals surface area contributed by atoms with Crippen molar-refractivity contribution in [1.29, 1.82) is 0 Å². The first-order valence-electron chi connectivity index (χ1n) is 6.33. The summed E-state index contributed by atoms with van der Waals surface area (Å²) in [5.74, 6) is -0.404. The van der Waals surface area contributed by atoms with E-state index in [0.29, 0.717) is 13.1 Å². The molecule has 2 N–H and O–H groups in total. The minimum atomic E-state index is -4.14. The lowest BCUT2D eigenvalue weighted by molar-refractivity contribution is -0.385. The van der Waals surface area contributed by atoms with Crippen LogP contribution in [-0.2, 0) is 10.0 Å². The van der Waals surface area contributed by atoms with Crippen molar-refractivity contribution < 1.29 is 18.1 Å². The summed E-state index contributed by atoms with van der Waals surface area (Å²) >= 11 is 0. The lowest BCUT2D eigenvalue weighted by Crippen LogP contribution is -2.29. The van der Waals surface area contributed by atoms with E-state index in [-0.39, 0.29) is 16.0 Å². The molecule has 0 saturated carbocycles. The predicted molar refractivity (Wildman–Crippen MR) is 74.3 cm³/mol. The summed E-state index contributed by atoms with van der Waals surface area (Å²) in [5, 5.41) is 16.0. The summed E-state index contributed by atoms with van der Waals surface area (Å²) in [6.45, 7) is 2.55. The van der Waals surface area contributed by atoms with Gasteiger partial charge < -0.3 is 4.90 Å². The van der Waals surface area contributed by atoms with Crippen LogP contribution in [0.2, 0.25) is 0 Å². The van der Waals surface area contributed by atoms with Crippen molar-refractivity contribution in [2.24, 2.45) is 5.14 Å². The fraction of sp³-hybridized carbons (Fsp3) is 0.417. The van der Waals surface area contributed by atoms with Crippen LogP contribution in [0.25, 0.3) is 0 Å². The molecule has 1 saturated heterocycles. The molecule has 0 spiro atoms. The second-order valence-corrected chi connectivity index (χ2v) is 6.45. The maximum atomic E-state index is 12.4. The largest absolute Gasteiger partial charge is 0.339 e. The number of nitrogens with zero attached hydrogens (tertiary/aromatic N) is 2. The van der Waals surface area contributed by atoms with E-state index in [0.717, 1.165) is 25.0 Å². The Morgan fingerprint density at radius 3 is 2.38 bits per heavy atom.